The van der Waals surface area contributed by atoms with E-state index in [1.807, 2.05) is 23.3 Å². The third-order valence-electron chi connectivity index (χ3n) is 12.9. The van der Waals surface area contributed by atoms with Crippen LogP contribution in [0.3, 0.4) is 0 Å². The van der Waals surface area contributed by atoms with Crippen molar-refractivity contribution in [3.05, 3.63) is 72.1 Å². The summed E-state index contributed by atoms with van der Waals surface area (Å²) < 4.78 is 60.0. The fourth-order valence-corrected chi connectivity index (χ4v) is 9.94. The Bertz CT molecular complexity index is 2700. The molecule has 5 saturated heterocycles. The summed E-state index contributed by atoms with van der Waals surface area (Å²) in [5.74, 6) is -0.181. The molecular formula is C42H44F3N13O3. The minimum Gasteiger partial charge on any atom is -0.378 e. The number of ether oxygens (including phenoxy) is 2. The van der Waals surface area contributed by atoms with E-state index in [9.17, 15) is 9.18 Å². The van der Waals surface area contributed by atoms with E-state index in [-0.39, 0.29) is 36.3 Å². The van der Waals surface area contributed by atoms with Crippen LogP contribution in [-0.2, 0) is 20.8 Å². The molecular weight excluding hydrogens is 792 g/mol. The number of piperidine rings is 1. The lowest BCUT2D eigenvalue weighted by Gasteiger charge is -2.58. The maximum atomic E-state index is 15.5. The number of amides is 1. The van der Waals surface area contributed by atoms with Crippen LogP contribution in [0.1, 0.15) is 25.6 Å². The van der Waals surface area contributed by atoms with Gasteiger partial charge in [-0.15, -0.1) is 0 Å². The maximum absolute atomic E-state index is 15.5. The second kappa shape index (κ2) is 14.6. The number of nitrogens with zero attached hydrogens (tertiary/aromatic N) is 12. The molecule has 0 aliphatic carbocycles. The van der Waals surface area contributed by atoms with Gasteiger partial charge in [0, 0.05) is 81.9 Å². The number of imidazole rings is 1. The van der Waals surface area contributed by atoms with Crippen molar-refractivity contribution in [1.29, 1.82) is 0 Å². The average molecular weight is 836 g/mol. The number of piperazine rings is 1. The van der Waals surface area contributed by atoms with Gasteiger partial charge in [-0.1, -0.05) is 0 Å². The molecule has 6 aliphatic heterocycles. The molecule has 0 saturated carbocycles. The van der Waals surface area contributed by atoms with Gasteiger partial charge in [-0.2, -0.15) is 15.1 Å². The summed E-state index contributed by atoms with van der Waals surface area (Å²) >= 11 is 0. The standard InChI is InChI=1S/C42H44F3N13O3/c1-4-61-29-18-53(3)40(59)36-12-25(49-41-46-8-7-33(50-41)30-9-24(44)11-34-37(30)55(19-29)22(2)48-34)15-56(36)38-31-14-47-58(35-6-5-23(43)10-32(35)45)39(31)52-42(51-38)57-26-13-27(57)17-54(16-26)28-20-60-21-28/h5-11,14,25-29,36H,4,12-13,15-21H2,1-3H3,(H,46,49,50)/t25-,26?,27?,29-,36-/m0/s1. The van der Waals surface area contributed by atoms with E-state index < -0.39 is 29.6 Å². The fraction of sp³-hybridized carbons (Fsp3) is 0.452. The van der Waals surface area contributed by atoms with Crippen LogP contribution in [0.25, 0.3) is 39.0 Å². The summed E-state index contributed by atoms with van der Waals surface area (Å²) in [6.45, 7) is 8.20. The molecule has 1 amide bonds. The molecule has 2 unspecified atom stereocenters. The number of anilines is 3. The highest BCUT2D eigenvalue weighted by Crippen LogP contribution is 2.41. The molecule has 6 aliphatic rings. The largest absolute Gasteiger partial charge is 0.378 e. The smallest absolute Gasteiger partial charge is 0.245 e. The molecule has 1 N–H and O–H groups in total. The van der Waals surface area contributed by atoms with Crippen LogP contribution in [0.2, 0.25) is 0 Å². The first-order valence-corrected chi connectivity index (χ1v) is 20.8. The number of hydrogen-bond donors (Lipinski definition) is 1. The van der Waals surface area contributed by atoms with E-state index in [0.717, 1.165) is 38.8 Å². The van der Waals surface area contributed by atoms with Crippen molar-refractivity contribution in [3.8, 4) is 16.9 Å². The molecule has 6 aromatic rings. The molecule has 61 heavy (non-hydrogen) atoms. The number of likely N-dealkylation sites (N-methyl/N-ethyl adjacent to an activating group) is 1. The van der Waals surface area contributed by atoms with Crippen LogP contribution < -0.4 is 15.1 Å². The molecule has 0 spiro atoms. The Hall–Kier alpha value is -5.92. The molecule has 4 aromatic heterocycles. The second-order valence-corrected chi connectivity index (χ2v) is 16.7. The summed E-state index contributed by atoms with van der Waals surface area (Å²) in [5, 5.41) is 8.58. The summed E-state index contributed by atoms with van der Waals surface area (Å²) in [5.41, 5.74) is 2.65. The molecule has 6 bridgehead atoms. The predicted octanol–water partition coefficient (Wildman–Crippen LogP) is 3.95. The summed E-state index contributed by atoms with van der Waals surface area (Å²) in [6.07, 6.45) is 4.10. The Morgan fingerprint density at radius 2 is 1.75 bits per heavy atom. The van der Waals surface area contributed by atoms with Crippen LogP contribution in [0.5, 0.6) is 0 Å². The molecule has 10 heterocycles. The van der Waals surface area contributed by atoms with Crippen molar-refractivity contribution >= 4 is 45.7 Å². The first kappa shape index (κ1) is 38.0. The van der Waals surface area contributed by atoms with Crippen molar-refractivity contribution in [2.24, 2.45) is 0 Å². The van der Waals surface area contributed by atoms with E-state index in [2.05, 4.69) is 25.2 Å². The van der Waals surface area contributed by atoms with E-state index in [1.165, 1.54) is 28.9 Å². The van der Waals surface area contributed by atoms with E-state index in [0.29, 0.717) is 89.0 Å². The van der Waals surface area contributed by atoms with Crippen molar-refractivity contribution in [2.75, 3.05) is 68.2 Å². The highest BCUT2D eigenvalue weighted by atomic mass is 19.1. The average Bonchev–Trinajstić information content (AvgIpc) is 3.91. The van der Waals surface area contributed by atoms with Gasteiger partial charge in [0.25, 0.3) is 0 Å². The van der Waals surface area contributed by atoms with Crippen molar-refractivity contribution in [2.45, 2.75) is 69.5 Å². The number of hydrogen-bond acceptors (Lipinski definition) is 13. The number of halogens is 3. The number of carbonyl (C=O) groups is 1. The summed E-state index contributed by atoms with van der Waals surface area (Å²) in [6, 6.07) is 7.62. The Labute approximate surface area is 348 Å². The van der Waals surface area contributed by atoms with Gasteiger partial charge in [-0.3, -0.25) is 9.69 Å². The van der Waals surface area contributed by atoms with Crippen molar-refractivity contribution in [3.63, 3.8) is 0 Å². The fourth-order valence-electron chi connectivity index (χ4n) is 9.94. The van der Waals surface area contributed by atoms with E-state index >= 15 is 8.78 Å². The van der Waals surface area contributed by atoms with Crippen LogP contribution in [0, 0.1) is 24.4 Å². The number of aromatic nitrogens is 8. The van der Waals surface area contributed by atoms with Crippen LogP contribution in [-0.4, -0.2) is 144 Å². The third kappa shape index (κ3) is 6.43. The Balaban J connectivity index is 1.02. The van der Waals surface area contributed by atoms with Crippen molar-refractivity contribution < 1.29 is 27.4 Å². The molecule has 0 radical (unpaired) electrons. The molecule has 5 atom stereocenters. The molecule has 16 nitrogen and oxygen atoms in total. The number of nitrogens with one attached hydrogen (secondary N) is 1. The monoisotopic (exact) mass is 835 g/mol. The Morgan fingerprint density at radius 1 is 0.918 bits per heavy atom. The first-order valence-electron chi connectivity index (χ1n) is 20.8. The Kier molecular flexibility index (Phi) is 9.12. The number of aryl methyl sites for hydroxylation is 1. The molecule has 316 valence electrons. The SMILES string of the molecule is CCO[C@H]1CN(C)C(=O)[C@@H]2C[C@@H](CN2c2nc(N3C4CC3CN(C3COC3)C4)nc3c2cnn3-c2ccc(F)cc2F)Nc2nccc(n2)-c2cc(F)cc3nc(C)n(c23)C1. The predicted molar refractivity (Wildman–Crippen MR) is 219 cm³/mol. The van der Waals surface area contributed by atoms with Crippen LogP contribution in [0.15, 0.2) is 48.8 Å². The van der Waals surface area contributed by atoms with Gasteiger partial charge >= 0.3 is 0 Å². The zero-order valence-electron chi connectivity index (χ0n) is 33.9. The van der Waals surface area contributed by atoms with Crippen LogP contribution in [0.4, 0.5) is 30.9 Å². The highest BCUT2D eigenvalue weighted by molar-refractivity contribution is 5.94. The molecule has 2 aromatic carbocycles. The van der Waals surface area contributed by atoms with Gasteiger partial charge < -0.3 is 34.1 Å². The van der Waals surface area contributed by atoms with E-state index in [4.69, 9.17) is 29.4 Å². The van der Waals surface area contributed by atoms with Crippen LogP contribution >= 0.6 is 0 Å². The van der Waals surface area contributed by atoms with Gasteiger partial charge in [0.1, 0.15) is 35.0 Å². The van der Waals surface area contributed by atoms with Gasteiger partial charge in [0.15, 0.2) is 11.5 Å². The highest BCUT2D eigenvalue weighted by Gasteiger charge is 2.49. The van der Waals surface area contributed by atoms with Crippen molar-refractivity contribution in [1.82, 2.24) is 49.1 Å². The van der Waals surface area contributed by atoms with Gasteiger partial charge in [-0.05, 0) is 51.0 Å². The minimum absolute atomic E-state index is 0.0348. The summed E-state index contributed by atoms with van der Waals surface area (Å²) in [4.78, 5) is 47.8. The Morgan fingerprint density at radius 3 is 2.52 bits per heavy atom. The summed E-state index contributed by atoms with van der Waals surface area (Å²) in [7, 11) is 1.77. The normalized spacial score (nSPS) is 24.5. The second-order valence-electron chi connectivity index (χ2n) is 16.7. The van der Waals surface area contributed by atoms with Gasteiger partial charge in [-0.25, -0.2) is 32.8 Å². The van der Waals surface area contributed by atoms with E-state index in [1.54, 1.807) is 30.4 Å². The number of fused-ring (bicyclic) bond motifs is 8. The lowest BCUT2D eigenvalue weighted by Crippen LogP contribution is -2.72. The number of carbonyl (C=O) groups excluding carboxylic acids is 1. The zero-order valence-corrected chi connectivity index (χ0v) is 33.9. The first-order chi connectivity index (χ1) is 29.6. The minimum atomic E-state index is -0.790. The molecule has 12 rings (SSSR count). The number of rotatable bonds is 6. The quantitative estimate of drug-likeness (QED) is 0.259. The zero-order chi connectivity index (χ0) is 41.7. The number of benzene rings is 2. The van der Waals surface area contributed by atoms with Gasteiger partial charge in [0.05, 0.1) is 60.2 Å². The lowest BCUT2D eigenvalue weighted by molar-refractivity contribution is -0.133. The maximum Gasteiger partial charge on any atom is 0.245 e. The topological polar surface area (TPSA) is 148 Å². The molecule has 19 heteroatoms. The lowest BCUT2D eigenvalue weighted by atomic mass is 9.86. The third-order valence-corrected chi connectivity index (χ3v) is 12.9. The van der Waals surface area contributed by atoms with Gasteiger partial charge in [0.2, 0.25) is 17.8 Å². The molecule has 5 fully saturated rings.